The Morgan fingerprint density at radius 2 is 1.83 bits per heavy atom. The zero-order valence-corrected chi connectivity index (χ0v) is 24.1. The predicted octanol–water partition coefficient (Wildman–Crippen LogP) is 2.44. The fraction of sp³-hybridized carbons (Fsp3) is 0.536. The molecule has 0 radical (unpaired) electrons. The van der Waals surface area contributed by atoms with E-state index in [9.17, 15) is 19.2 Å². The summed E-state index contributed by atoms with van der Waals surface area (Å²) in [7, 11) is 0. The van der Waals surface area contributed by atoms with Crippen LogP contribution < -0.4 is 15.5 Å². The summed E-state index contributed by atoms with van der Waals surface area (Å²) >= 11 is 1.38. The zero-order valence-electron chi connectivity index (χ0n) is 23.3. The van der Waals surface area contributed by atoms with Crippen molar-refractivity contribution in [3.8, 4) is 10.6 Å². The molecule has 1 aromatic carbocycles. The number of hydrogen-bond donors (Lipinski definition) is 2. The maximum atomic E-state index is 13.7. The van der Waals surface area contributed by atoms with Crippen molar-refractivity contribution >= 4 is 40.3 Å². The second kappa shape index (κ2) is 15.5. The Bertz CT molecular complexity index is 1180. The summed E-state index contributed by atoms with van der Waals surface area (Å²) < 4.78 is 15.8. The molecule has 1 atom stereocenters. The molecule has 0 bridgehead atoms. The summed E-state index contributed by atoms with van der Waals surface area (Å²) in [5, 5.41) is 7.14. The van der Waals surface area contributed by atoms with Gasteiger partial charge >= 0.3 is 18.0 Å². The molecule has 41 heavy (non-hydrogen) atoms. The van der Waals surface area contributed by atoms with Crippen molar-refractivity contribution < 1.29 is 33.4 Å². The highest BCUT2D eigenvalue weighted by Gasteiger charge is 2.31. The minimum atomic E-state index is -1.26. The number of carbonyl (C=O) groups excluding carboxylic acids is 4. The highest BCUT2D eigenvalue weighted by atomic mass is 32.1. The van der Waals surface area contributed by atoms with Gasteiger partial charge in [-0.1, -0.05) is 55.0 Å². The topological polar surface area (TPSA) is 139 Å². The number of ether oxygens (including phenoxy) is 3. The van der Waals surface area contributed by atoms with Crippen LogP contribution in [0.5, 0.6) is 0 Å². The van der Waals surface area contributed by atoms with E-state index in [0.29, 0.717) is 62.5 Å². The zero-order chi connectivity index (χ0) is 29.0. The number of nitrogens with zero attached hydrogens (tertiary/aromatic N) is 3. The Hall–Kier alpha value is -3.55. The minimum absolute atomic E-state index is 0.0903. The third kappa shape index (κ3) is 8.72. The summed E-state index contributed by atoms with van der Waals surface area (Å²) in [5.41, 5.74) is 1.02. The molecule has 0 saturated carbocycles. The van der Waals surface area contributed by atoms with Crippen molar-refractivity contribution in [1.82, 2.24) is 20.5 Å². The molecule has 4 rings (SSSR count). The summed E-state index contributed by atoms with van der Waals surface area (Å²) in [6.07, 6.45) is 0.596. The first kappa shape index (κ1) is 30.4. The van der Waals surface area contributed by atoms with Crippen molar-refractivity contribution in [3.63, 3.8) is 0 Å². The number of esters is 2. The number of anilines is 1. The Kier molecular flexibility index (Phi) is 11.5. The van der Waals surface area contributed by atoms with Crippen LogP contribution in [0.2, 0.25) is 0 Å². The summed E-state index contributed by atoms with van der Waals surface area (Å²) in [5.74, 6) is -2.02. The second-order valence-corrected chi connectivity index (χ2v) is 10.7. The first-order chi connectivity index (χ1) is 20.0. The molecule has 3 heterocycles. The van der Waals surface area contributed by atoms with Gasteiger partial charge in [-0.2, -0.15) is 0 Å². The maximum Gasteiger partial charge on any atom is 0.417 e. The number of unbranched alkanes of at least 4 members (excludes halogenated alkanes) is 1. The van der Waals surface area contributed by atoms with Crippen molar-refractivity contribution in [2.75, 3.05) is 64.0 Å². The van der Waals surface area contributed by atoms with Crippen LogP contribution in [0.3, 0.4) is 0 Å². The summed E-state index contributed by atoms with van der Waals surface area (Å²) in [6.45, 7) is 6.45. The van der Waals surface area contributed by atoms with Gasteiger partial charge in [0, 0.05) is 51.3 Å². The van der Waals surface area contributed by atoms with E-state index in [2.05, 4.69) is 15.6 Å². The van der Waals surface area contributed by atoms with Crippen LogP contribution in [-0.2, 0) is 23.8 Å². The number of benzene rings is 1. The fourth-order valence-corrected chi connectivity index (χ4v) is 5.48. The van der Waals surface area contributed by atoms with Crippen LogP contribution in [0.4, 0.5) is 9.80 Å². The van der Waals surface area contributed by atoms with Gasteiger partial charge in [-0.15, -0.1) is 0 Å². The van der Waals surface area contributed by atoms with Gasteiger partial charge in [0.15, 0.2) is 5.69 Å². The molecule has 2 saturated heterocycles. The predicted molar refractivity (Wildman–Crippen MR) is 153 cm³/mol. The summed E-state index contributed by atoms with van der Waals surface area (Å²) in [6, 6.07) is 8.26. The first-order valence-electron chi connectivity index (χ1n) is 14.0. The standard InChI is InChI=1S/C28H37N5O7S/c1-2-3-17-39-22(34)10-9-21(27(36)40-28(37)33-13-11-29-12-14-33)30-24(35)23-26(32-15-18-38-19-16-32)41-25(31-23)20-7-5-4-6-8-20/h4-8,21,29H,2-3,9-19H2,1H3,(H,30,35). The van der Waals surface area contributed by atoms with Gasteiger partial charge in [-0.05, 0) is 12.8 Å². The number of thiazole rings is 1. The Morgan fingerprint density at radius 3 is 2.54 bits per heavy atom. The first-order valence-corrected chi connectivity index (χ1v) is 14.8. The number of morpholine rings is 1. The van der Waals surface area contributed by atoms with Crippen molar-refractivity contribution in [2.45, 2.75) is 38.6 Å². The molecular formula is C28H37N5O7S. The molecule has 1 unspecified atom stereocenters. The van der Waals surface area contributed by atoms with Crippen LogP contribution >= 0.6 is 11.3 Å². The lowest BCUT2D eigenvalue weighted by atomic mass is 10.1. The maximum absolute atomic E-state index is 13.7. The number of rotatable bonds is 11. The van der Waals surface area contributed by atoms with Gasteiger partial charge in [0.1, 0.15) is 16.1 Å². The third-order valence-electron chi connectivity index (χ3n) is 6.69. The van der Waals surface area contributed by atoms with Crippen molar-refractivity contribution in [1.29, 1.82) is 0 Å². The van der Waals surface area contributed by atoms with Crippen LogP contribution in [0.1, 0.15) is 43.1 Å². The molecule has 0 spiro atoms. The molecule has 13 heteroatoms. The average Bonchev–Trinajstić information content (AvgIpc) is 3.46. The summed E-state index contributed by atoms with van der Waals surface area (Å²) in [4.78, 5) is 59.8. The Morgan fingerprint density at radius 1 is 1.10 bits per heavy atom. The van der Waals surface area contributed by atoms with E-state index in [1.807, 2.05) is 42.2 Å². The molecule has 1 aromatic heterocycles. The number of piperazine rings is 1. The monoisotopic (exact) mass is 587 g/mol. The van der Waals surface area contributed by atoms with E-state index in [4.69, 9.17) is 14.2 Å². The number of nitrogens with one attached hydrogen (secondary N) is 2. The van der Waals surface area contributed by atoms with E-state index in [1.165, 1.54) is 16.2 Å². The van der Waals surface area contributed by atoms with Gasteiger partial charge in [-0.3, -0.25) is 9.59 Å². The smallest absolute Gasteiger partial charge is 0.417 e. The number of carbonyl (C=O) groups is 4. The Labute approximate surface area is 243 Å². The highest BCUT2D eigenvalue weighted by Crippen LogP contribution is 2.35. The van der Waals surface area contributed by atoms with Crippen molar-refractivity contribution in [2.24, 2.45) is 0 Å². The second-order valence-electron chi connectivity index (χ2n) is 9.70. The van der Waals surface area contributed by atoms with Gasteiger partial charge < -0.3 is 34.6 Å². The van der Waals surface area contributed by atoms with Crippen LogP contribution in [-0.4, -0.2) is 99.0 Å². The number of hydrogen-bond acceptors (Lipinski definition) is 11. The SMILES string of the molecule is CCCCOC(=O)CCC(NC(=O)c1nc(-c2ccccc2)sc1N1CCOCC1)C(=O)OC(=O)N1CCNCC1. The van der Waals surface area contributed by atoms with Gasteiger partial charge in [-0.25, -0.2) is 14.6 Å². The van der Waals surface area contributed by atoms with Gasteiger partial charge in [0.25, 0.3) is 5.91 Å². The molecule has 2 fully saturated rings. The molecule has 0 aliphatic carbocycles. The van der Waals surface area contributed by atoms with Crippen LogP contribution in [0.15, 0.2) is 30.3 Å². The van der Waals surface area contributed by atoms with E-state index < -0.39 is 30.0 Å². The quantitative estimate of drug-likeness (QED) is 0.229. The minimum Gasteiger partial charge on any atom is -0.466 e. The molecule has 2 amide bonds. The Balaban J connectivity index is 1.52. The van der Waals surface area contributed by atoms with Crippen LogP contribution in [0.25, 0.3) is 10.6 Å². The molecule has 2 aliphatic heterocycles. The van der Waals surface area contributed by atoms with E-state index in [0.717, 1.165) is 18.4 Å². The molecule has 12 nitrogen and oxygen atoms in total. The molecule has 2 N–H and O–H groups in total. The third-order valence-corrected chi connectivity index (χ3v) is 7.86. The number of aromatic nitrogens is 1. The highest BCUT2D eigenvalue weighted by molar-refractivity contribution is 7.19. The molecule has 2 aromatic rings. The van der Waals surface area contributed by atoms with Crippen LogP contribution in [0, 0.1) is 0 Å². The van der Waals surface area contributed by atoms with Gasteiger partial charge in [0.05, 0.1) is 19.8 Å². The molecule has 222 valence electrons. The van der Waals surface area contributed by atoms with Crippen molar-refractivity contribution in [3.05, 3.63) is 36.0 Å². The lowest BCUT2D eigenvalue weighted by Gasteiger charge is -2.28. The largest absolute Gasteiger partial charge is 0.466 e. The number of amides is 2. The average molecular weight is 588 g/mol. The fourth-order valence-electron chi connectivity index (χ4n) is 4.35. The lowest BCUT2D eigenvalue weighted by Crippen LogP contribution is -2.49. The molecular weight excluding hydrogens is 550 g/mol. The van der Waals surface area contributed by atoms with E-state index >= 15 is 0 Å². The van der Waals surface area contributed by atoms with Gasteiger partial charge in [0.2, 0.25) is 0 Å². The molecule has 2 aliphatic rings. The van der Waals surface area contributed by atoms with E-state index in [1.54, 1.807) is 0 Å². The van der Waals surface area contributed by atoms with E-state index in [-0.39, 0.29) is 25.1 Å². The normalized spacial score (nSPS) is 16.1. The lowest BCUT2D eigenvalue weighted by molar-refractivity contribution is -0.144.